The van der Waals surface area contributed by atoms with Crippen molar-refractivity contribution in [1.82, 2.24) is 30.3 Å². The van der Waals surface area contributed by atoms with Crippen LogP contribution in [0.3, 0.4) is 0 Å². The first kappa shape index (κ1) is 23.1. The van der Waals surface area contributed by atoms with Gasteiger partial charge in [0.15, 0.2) is 0 Å². The predicted octanol–water partition coefficient (Wildman–Crippen LogP) is 4.16. The topological polar surface area (TPSA) is 88.5 Å². The molecule has 4 aromatic rings. The van der Waals surface area contributed by atoms with Crippen LogP contribution in [0.2, 0.25) is 0 Å². The number of benzene rings is 2. The first-order chi connectivity index (χ1) is 16.2. The van der Waals surface area contributed by atoms with E-state index in [1.54, 1.807) is 36.1 Å². The highest BCUT2D eigenvalue weighted by Crippen LogP contribution is 2.31. The molecule has 0 saturated heterocycles. The minimum atomic E-state index is -4.63. The molecular formula is C23H20F4N6O. The van der Waals surface area contributed by atoms with E-state index in [1.807, 2.05) is 6.07 Å². The molecule has 176 valence electrons. The summed E-state index contributed by atoms with van der Waals surface area (Å²) in [5.41, 5.74) is 2.23. The van der Waals surface area contributed by atoms with Gasteiger partial charge in [-0.25, -0.2) is 9.37 Å². The van der Waals surface area contributed by atoms with Gasteiger partial charge in [0.25, 0.3) is 5.91 Å². The van der Waals surface area contributed by atoms with Crippen molar-refractivity contribution in [2.24, 2.45) is 0 Å². The van der Waals surface area contributed by atoms with E-state index in [0.29, 0.717) is 36.1 Å². The standard InChI is InChI=1S/C23H20F4N6O/c1-14-6-16(2-3-20(14)22(34)29-4-5-33-13-28-12-30-33)21-11-19(31-32-21)9-15-7-17(23(25,26)27)10-18(24)8-15/h2-3,6-8,10-13H,4-5,9H2,1H3,(H,29,34)(H,31,32). The number of hydrogen-bond acceptors (Lipinski definition) is 4. The third kappa shape index (κ3) is 5.48. The fourth-order valence-corrected chi connectivity index (χ4v) is 3.54. The summed E-state index contributed by atoms with van der Waals surface area (Å²) in [7, 11) is 0. The van der Waals surface area contributed by atoms with Gasteiger partial charge in [-0.1, -0.05) is 6.07 Å². The highest BCUT2D eigenvalue weighted by molar-refractivity contribution is 5.96. The Morgan fingerprint density at radius 1 is 1.15 bits per heavy atom. The van der Waals surface area contributed by atoms with E-state index in [9.17, 15) is 22.4 Å². The molecule has 2 aromatic heterocycles. The molecule has 0 aliphatic carbocycles. The van der Waals surface area contributed by atoms with E-state index in [-0.39, 0.29) is 17.9 Å². The Bertz CT molecular complexity index is 1300. The van der Waals surface area contributed by atoms with Crippen LogP contribution in [0.15, 0.2) is 55.1 Å². The van der Waals surface area contributed by atoms with Crippen molar-refractivity contribution in [2.75, 3.05) is 6.54 Å². The fraction of sp³-hybridized carbons (Fsp3) is 0.217. The number of aryl methyl sites for hydroxylation is 1. The number of alkyl halides is 3. The number of carbonyl (C=O) groups excluding carboxylic acids is 1. The molecular weight excluding hydrogens is 452 g/mol. The number of aromatic nitrogens is 5. The molecule has 0 radical (unpaired) electrons. The summed E-state index contributed by atoms with van der Waals surface area (Å²) in [4.78, 5) is 16.3. The Balaban J connectivity index is 1.44. The van der Waals surface area contributed by atoms with Crippen LogP contribution in [0.1, 0.15) is 32.7 Å². The first-order valence-corrected chi connectivity index (χ1v) is 10.3. The van der Waals surface area contributed by atoms with Gasteiger partial charge in [0.05, 0.1) is 23.5 Å². The average molecular weight is 472 g/mol. The molecule has 4 rings (SSSR count). The van der Waals surface area contributed by atoms with E-state index in [0.717, 1.165) is 23.3 Å². The van der Waals surface area contributed by atoms with E-state index in [1.165, 1.54) is 6.33 Å². The van der Waals surface area contributed by atoms with E-state index in [4.69, 9.17) is 0 Å². The minimum absolute atomic E-state index is 0.0303. The minimum Gasteiger partial charge on any atom is -0.350 e. The summed E-state index contributed by atoms with van der Waals surface area (Å²) < 4.78 is 54.1. The zero-order valence-corrected chi connectivity index (χ0v) is 18.0. The molecule has 0 atom stereocenters. The highest BCUT2D eigenvalue weighted by atomic mass is 19.4. The molecule has 7 nitrogen and oxygen atoms in total. The Labute approximate surface area is 191 Å². The summed E-state index contributed by atoms with van der Waals surface area (Å²) in [6.45, 7) is 2.69. The van der Waals surface area contributed by atoms with Crippen LogP contribution < -0.4 is 5.32 Å². The van der Waals surface area contributed by atoms with Crippen LogP contribution in [0.25, 0.3) is 11.3 Å². The number of nitrogens with zero attached hydrogens (tertiary/aromatic N) is 4. The zero-order valence-electron chi connectivity index (χ0n) is 18.0. The van der Waals surface area contributed by atoms with Crippen molar-refractivity contribution in [2.45, 2.75) is 26.1 Å². The normalized spacial score (nSPS) is 11.6. The zero-order chi connectivity index (χ0) is 24.3. The molecule has 2 heterocycles. The third-order valence-electron chi connectivity index (χ3n) is 5.18. The molecule has 0 unspecified atom stereocenters. The Hall–Kier alpha value is -4.02. The smallest absolute Gasteiger partial charge is 0.350 e. The Kier molecular flexibility index (Phi) is 6.44. The number of carbonyl (C=O) groups is 1. The van der Waals surface area contributed by atoms with Gasteiger partial charge in [-0.05, 0) is 60.0 Å². The lowest BCUT2D eigenvalue weighted by atomic mass is 10.0. The molecule has 2 N–H and O–H groups in total. The number of H-pyrrole nitrogens is 1. The van der Waals surface area contributed by atoms with Crippen LogP contribution in [0.5, 0.6) is 0 Å². The second-order valence-electron chi connectivity index (χ2n) is 7.74. The molecule has 34 heavy (non-hydrogen) atoms. The summed E-state index contributed by atoms with van der Waals surface area (Å²) in [6, 6.07) is 9.38. The van der Waals surface area contributed by atoms with Crippen molar-refractivity contribution in [3.63, 3.8) is 0 Å². The maximum Gasteiger partial charge on any atom is 0.416 e. The molecule has 0 spiro atoms. The molecule has 0 bridgehead atoms. The third-order valence-corrected chi connectivity index (χ3v) is 5.18. The van der Waals surface area contributed by atoms with Gasteiger partial charge in [-0.3, -0.25) is 14.6 Å². The lowest BCUT2D eigenvalue weighted by Crippen LogP contribution is -2.27. The molecule has 11 heteroatoms. The van der Waals surface area contributed by atoms with E-state index < -0.39 is 17.6 Å². The second-order valence-corrected chi connectivity index (χ2v) is 7.74. The molecule has 0 fully saturated rings. The maximum atomic E-state index is 13.7. The van der Waals surface area contributed by atoms with Gasteiger partial charge in [0, 0.05) is 18.5 Å². The molecule has 0 aliphatic rings. The van der Waals surface area contributed by atoms with Crippen molar-refractivity contribution in [1.29, 1.82) is 0 Å². The van der Waals surface area contributed by atoms with Gasteiger partial charge in [-0.2, -0.15) is 23.4 Å². The predicted molar refractivity (Wildman–Crippen MR) is 115 cm³/mol. The number of hydrogen-bond donors (Lipinski definition) is 2. The van der Waals surface area contributed by atoms with E-state index in [2.05, 4.69) is 25.6 Å². The number of amides is 1. The number of rotatable bonds is 7. The van der Waals surface area contributed by atoms with Crippen LogP contribution in [0, 0.1) is 12.7 Å². The SMILES string of the molecule is Cc1cc(-c2cc(Cc3cc(F)cc(C(F)(F)F)c3)n[nH]2)ccc1C(=O)NCCn1cncn1. The van der Waals surface area contributed by atoms with Crippen LogP contribution in [0.4, 0.5) is 17.6 Å². The molecule has 0 aliphatic heterocycles. The fourth-order valence-electron chi connectivity index (χ4n) is 3.54. The average Bonchev–Trinajstić information content (AvgIpc) is 3.45. The lowest BCUT2D eigenvalue weighted by molar-refractivity contribution is -0.137. The van der Waals surface area contributed by atoms with Gasteiger partial charge in [0.2, 0.25) is 0 Å². The monoisotopic (exact) mass is 472 g/mol. The number of halogens is 4. The lowest BCUT2D eigenvalue weighted by Gasteiger charge is -2.09. The second kappa shape index (κ2) is 9.46. The summed E-state index contributed by atoms with van der Waals surface area (Å²) in [5.74, 6) is -1.17. The Morgan fingerprint density at radius 2 is 1.97 bits per heavy atom. The summed E-state index contributed by atoms with van der Waals surface area (Å²) in [6.07, 6.45) is -1.62. The first-order valence-electron chi connectivity index (χ1n) is 10.3. The quantitative estimate of drug-likeness (QED) is 0.396. The van der Waals surface area contributed by atoms with Crippen LogP contribution in [-0.2, 0) is 19.1 Å². The van der Waals surface area contributed by atoms with Crippen molar-refractivity contribution in [3.8, 4) is 11.3 Å². The van der Waals surface area contributed by atoms with Crippen LogP contribution in [-0.4, -0.2) is 37.4 Å². The maximum absolute atomic E-state index is 13.7. The number of nitrogens with one attached hydrogen (secondary N) is 2. The molecule has 1 amide bonds. The summed E-state index contributed by atoms with van der Waals surface area (Å²) in [5, 5.41) is 13.8. The van der Waals surface area contributed by atoms with Crippen molar-refractivity contribution < 1.29 is 22.4 Å². The Morgan fingerprint density at radius 3 is 2.68 bits per heavy atom. The molecule has 0 saturated carbocycles. The summed E-state index contributed by atoms with van der Waals surface area (Å²) >= 11 is 0. The van der Waals surface area contributed by atoms with E-state index >= 15 is 0 Å². The number of aromatic amines is 1. The van der Waals surface area contributed by atoms with Gasteiger partial charge >= 0.3 is 6.18 Å². The molecule has 2 aromatic carbocycles. The van der Waals surface area contributed by atoms with Gasteiger partial charge < -0.3 is 5.32 Å². The highest BCUT2D eigenvalue weighted by Gasteiger charge is 2.31. The largest absolute Gasteiger partial charge is 0.416 e. The van der Waals surface area contributed by atoms with Gasteiger partial charge in [0.1, 0.15) is 18.5 Å². The van der Waals surface area contributed by atoms with Crippen molar-refractivity contribution >= 4 is 5.91 Å². The van der Waals surface area contributed by atoms with Crippen LogP contribution >= 0.6 is 0 Å². The van der Waals surface area contributed by atoms with Gasteiger partial charge in [-0.15, -0.1) is 0 Å². The van der Waals surface area contributed by atoms with Crippen molar-refractivity contribution in [3.05, 3.63) is 88.9 Å².